The van der Waals surface area contributed by atoms with Gasteiger partial charge in [-0.1, -0.05) is 29.8 Å². The number of amides is 1. The zero-order valence-corrected chi connectivity index (χ0v) is 11.7. The molecule has 2 aromatic rings. The van der Waals surface area contributed by atoms with Gasteiger partial charge in [0.25, 0.3) is 5.91 Å². The summed E-state index contributed by atoms with van der Waals surface area (Å²) in [5.74, 6) is 0.00774. The molecule has 94 valence electrons. The van der Waals surface area contributed by atoms with Crippen molar-refractivity contribution in [2.75, 3.05) is 0 Å². The number of carbonyl (C=O) groups is 1. The molecule has 0 aliphatic rings. The number of hydrogen-bond donors (Lipinski definition) is 1. The lowest BCUT2D eigenvalue weighted by atomic mass is 10.1. The summed E-state index contributed by atoms with van der Waals surface area (Å²) in [4.78, 5) is 13.7. The van der Waals surface area contributed by atoms with Gasteiger partial charge in [-0.15, -0.1) is 11.3 Å². The average Bonchev–Trinajstić information content (AvgIpc) is 2.78. The van der Waals surface area contributed by atoms with Gasteiger partial charge in [-0.25, -0.2) is 0 Å². The van der Waals surface area contributed by atoms with Crippen molar-refractivity contribution in [3.63, 3.8) is 0 Å². The summed E-state index contributed by atoms with van der Waals surface area (Å²) < 4.78 is 0. The summed E-state index contributed by atoms with van der Waals surface area (Å²) in [7, 11) is 0. The van der Waals surface area contributed by atoms with E-state index in [1.807, 2.05) is 26.0 Å². The fourth-order valence-electron chi connectivity index (χ4n) is 1.67. The first-order valence-electron chi connectivity index (χ1n) is 6.04. The van der Waals surface area contributed by atoms with Crippen LogP contribution in [-0.2, 0) is 0 Å². The Bertz CT molecular complexity index is 540. The number of carbonyl (C=O) groups excluding carboxylic acids is 1. The molecule has 0 fully saturated rings. The number of benzene rings is 1. The Kier molecular flexibility index (Phi) is 3.82. The predicted octanol–water partition coefficient (Wildman–Crippen LogP) is 3.86. The van der Waals surface area contributed by atoms with E-state index in [4.69, 9.17) is 0 Å². The zero-order chi connectivity index (χ0) is 13.1. The molecule has 0 saturated carbocycles. The van der Waals surface area contributed by atoms with Crippen molar-refractivity contribution in [3.05, 3.63) is 46.8 Å². The predicted molar refractivity (Wildman–Crippen MR) is 77.1 cm³/mol. The molecule has 1 amide bonds. The third kappa shape index (κ3) is 2.99. The van der Waals surface area contributed by atoms with E-state index in [0.29, 0.717) is 0 Å². The first-order chi connectivity index (χ1) is 8.56. The SMILES string of the molecule is Cc1ccc(-c2ccc(C(=O)NC(C)C)s2)cc1. The van der Waals surface area contributed by atoms with Crippen LogP contribution >= 0.6 is 11.3 Å². The molecule has 0 unspecified atom stereocenters. The molecule has 0 atom stereocenters. The van der Waals surface area contributed by atoms with E-state index in [1.54, 1.807) is 0 Å². The lowest BCUT2D eigenvalue weighted by molar-refractivity contribution is 0.0947. The van der Waals surface area contributed by atoms with Crippen LogP contribution in [0.1, 0.15) is 29.1 Å². The largest absolute Gasteiger partial charge is 0.349 e. The lowest BCUT2D eigenvalue weighted by Gasteiger charge is -2.05. The van der Waals surface area contributed by atoms with Crippen molar-refractivity contribution in [3.8, 4) is 10.4 Å². The van der Waals surface area contributed by atoms with Gasteiger partial charge in [-0.05, 0) is 38.5 Å². The number of thiophene rings is 1. The summed E-state index contributed by atoms with van der Waals surface area (Å²) >= 11 is 1.53. The first-order valence-corrected chi connectivity index (χ1v) is 6.85. The minimum atomic E-state index is 0.00774. The third-order valence-corrected chi connectivity index (χ3v) is 3.72. The highest BCUT2D eigenvalue weighted by atomic mass is 32.1. The zero-order valence-electron chi connectivity index (χ0n) is 10.9. The first kappa shape index (κ1) is 12.8. The minimum absolute atomic E-state index is 0.00774. The topological polar surface area (TPSA) is 29.1 Å². The number of hydrogen-bond acceptors (Lipinski definition) is 2. The molecule has 1 heterocycles. The van der Waals surface area contributed by atoms with Crippen molar-refractivity contribution in [2.45, 2.75) is 26.8 Å². The maximum absolute atomic E-state index is 11.9. The smallest absolute Gasteiger partial charge is 0.261 e. The van der Waals surface area contributed by atoms with E-state index in [9.17, 15) is 4.79 Å². The molecule has 0 aliphatic carbocycles. The quantitative estimate of drug-likeness (QED) is 0.891. The van der Waals surface area contributed by atoms with Crippen LogP contribution < -0.4 is 5.32 Å². The highest BCUT2D eigenvalue weighted by Crippen LogP contribution is 2.28. The van der Waals surface area contributed by atoms with Crippen LogP contribution in [0.25, 0.3) is 10.4 Å². The van der Waals surface area contributed by atoms with E-state index in [-0.39, 0.29) is 11.9 Å². The Morgan fingerprint density at radius 1 is 1.11 bits per heavy atom. The normalized spacial score (nSPS) is 10.7. The van der Waals surface area contributed by atoms with Crippen LogP contribution in [0.5, 0.6) is 0 Å². The molecule has 0 aliphatic heterocycles. The average molecular weight is 259 g/mol. The van der Waals surface area contributed by atoms with Crippen molar-refractivity contribution < 1.29 is 4.79 Å². The fraction of sp³-hybridized carbons (Fsp3) is 0.267. The van der Waals surface area contributed by atoms with E-state index >= 15 is 0 Å². The maximum Gasteiger partial charge on any atom is 0.261 e. The second kappa shape index (κ2) is 5.36. The lowest BCUT2D eigenvalue weighted by Crippen LogP contribution is -2.29. The van der Waals surface area contributed by atoms with Crippen molar-refractivity contribution >= 4 is 17.2 Å². The fourth-order valence-corrected chi connectivity index (χ4v) is 2.58. The molecular formula is C15H17NOS. The third-order valence-electron chi connectivity index (χ3n) is 2.59. The van der Waals surface area contributed by atoms with E-state index < -0.39 is 0 Å². The van der Waals surface area contributed by atoms with Gasteiger partial charge < -0.3 is 5.32 Å². The Hall–Kier alpha value is -1.61. The molecule has 3 heteroatoms. The van der Waals surface area contributed by atoms with Gasteiger partial charge in [0, 0.05) is 10.9 Å². The van der Waals surface area contributed by atoms with Gasteiger partial charge >= 0.3 is 0 Å². The van der Waals surface area contributed by atoms with Gasteiger partial charge in [0.2, 0.25) is 0 Å². The molecule has 2 rings (SSSR count). The second-order valence-corrected chi connectivity index (χ2v) is 5.74. The Morgan fingerprint density at radius 2 is 1.78 bits per heavy atom. The van der Waals surface area contributed by atoms with Gasteiger partial charge in [-0.2, -0.15) is 0 Å². The van der Waals surface area contributed by atoms with Crippen LogP contribution in [0.2, 0.25) is 0 Å². The molecule has 0 spiro atoms. The molecule has 1 aromatic heterocycles. The van der Waals surface area contributed by atoms with Gasteiger partial charge in [-0.3, -0.25) is 4.79 Å². The molecule has 2 nitrogen and oxygen atoms in total. The van der Waals surface area contributed by atoms with Crippen LogP contribution in [0, 0.1) is 6.92 Å². The molecule has 0 bridgehead atoms. The van der Waals surface area contributed by atoms with Crippen molar-refractivity contribution in [1.29, 1.82) is 0 Å². The standard InChI is InChI=1S/C15H17NOS/c1-10(2)16-15(17)14-9-8-13(18-14)12-6-4-11(3)5-7-12/h4-10H,1-3H3,(H,16,17). The van der Waals surface area contributed by atoms with Gasteiger partial charge in [0.1, 0.15) is 0 Å². The molecule has 1 aromatic carbocycles. The number of aryl methyl sites for hydroxylation is 1. The Labute approximate surface area is 112 Å². The molecule has 1 N–H and O–H groups in total. The van der Waals surface area contributed by atoms with Crippen LogP contribution in [0.15, 0.2) is 36.4 Å². The summed E-state index contributed by atoms with van der Waals surface area (Å²) in [6.45, 7) is 6.00. The summed E-state index contributed by atoms with van der Waals surface area (Å²) in [5, 5.41) is 2.90. The van der Waals surface area contributed by atoms with Gasteiger partial charge in [0.15, 0.2) is 0 Å². The molecule has 18 heavy (non-hydrogen) atoms. The van der Waals surface area contributed by atoms with E-state index in [0.717, 1.165) is 15.3 Å². The van der Waals surface area contributed by atoms with E-state index in [1.165, 1.54) is 16.9 Å². The number of nitrogens with one attached hydrogen (secondary N) is 1. The highest BCUT2D eigenvalue weighted by molar-refractivity contribution is 7.17. The molecule has 0 radical (unpaired) electrons. The Morgan fingerprint density at radius 3 is 2.39 bits per heavy atom. The monoisotopic (exact) mass is 259 g/mol. The van der Waals surface area contributed by atoms with Gasteiger partial charge in [0.05, 0.1) is 4.88 Å². The highest BCUT2D eigenvalue weighted by Gasteiger charge is 2.10. The van der Waals surface area contributed by atoms with E-state index in [2.05, 4.69) is 36.5 Å². The van der Waals surface area contributed by atoms with Crippen LogP contribution in [-0.4, -0.2) is 11.9 Å². The van der Waals surface area contributed by atoms with Crippen molar-refractivity contribution in [2.24, 2.45) is 0 Å². The maximum atomic E-state index is 11.9. The summed E-state index contributed by atoms with van der Waals surface area (Å²) in [5.41, 5.74) is 2.40. The van der Waals surface area contributed by atoms with Crippen LogP contribution in [0.3, 0.4) is 0 Å². The minimum Gasteiger partial charge on any atom is -0.349 e. The summed E-state index contributed by atoms with van der Waals surface area (Å²) in [6.07, 6.45) is 0. The molecule has 0 saturated heterocycles. The molecular weight excluding hydrogens is 242 g/mol. The number of rotatable bonds is 3. The second-order valence-electron chi connectivity index (χ2n) is 4.66. The van der Waals surface area contributed by atoms with Crippen LogP contribution in [0.4, 0.5) is 0 Å². The summed E-state index contributed by atoms with van der Waals surface area (Å²) in [6, 6.07) is 12.4. The Balaban J connectivity index is 2.20. The van der Waals surface area contributed by atoms with Crippen molar-refractivity contribution in [1.82, 2.24) is 5.32 Å².